The lowest BCUT2D eigenvalue weighted by molar-refractivity contribution is 0.0458. The third kappa shape index (κ3) is 3.01. The Morgan fingerprint density at radius 3 is 2.81 bits per heavy atom. The molecule has 0 saturated carbocycles. The van der Waals surface area contributed by atoms with Gasteiger partial charge in [0, 0.05) is 34.9 Å². The molecular weight excluding hydrogens is 328 g/mol. The zero-order valence-electron chi connectivity index (χ0n) is 14.6. The fraction of sp³-hybridized carbons (Fsp3) is 0.200. The predicted octanol–water partition coefficient (Wildman–Crippen LogP) is 3.99. The smallest absolute Gasteiger partial charge is 0.339 e. The van der Waals surface area contributed by atoms with E-state index in [2.05, 4.69) is 19.9 Å². The van der Waals surface area contributed by atoms with Crippen LogP contribution in [0.25, 0.3) is 33.2 Å². The molecule has 0 unspecified atom stereocenters. The minimum atomic E-state index is -0.357. The summed E-state index contributed by atoms with van der Waals surface area (Å²) in [6.45, 7) is 4.39. The van der Waals surface area contributed by atoms with Crippen LogP contribution in [0.3, 0.4) is 0 Å². The van der Waals surface area contributed by atoms with Gasteiger partial charge in [-0.2, -0.15) is 0 Å². The number of hydrogen-bond acceptors (Lipinski definition) is 5. The molecule has 0 aliphatic rings. The van der Waals surface area contributed by atoms with Crippen molar-refractivity contribution < 1.29 is 9.53 Å². The minimum absolute atomic E-state index is 0.289. The molecule has 0 atom stereocenters. The van der Waals surface area contributed by atoms with Crippen molar-refractivity contribution in [3.63, 3.8) is 0 Å². The number of rotatable bonds is 4. The highest BCUT2D eigenvalue weighted by molar-refractivity contribution is 6.08. The average Bonchev–Trinajstić information content (AvgIpc) is 3.03. The van der Waals surface area contributed by atoms with Gasteiger partial charge in [0.05, 0.1) is 29.6 Å². The molecule has 130 valence electrons. The summed E-state index contributed by atoms with van der Waals surface area (Å²) >= 11 is 0. The number of nitrogens with zero attached hydrogens (tertiary/aromatic N) is 3. The summed E-state index contributed by atoms with van der Waals surface area (Å²) < 4.78 is 5.31. The third-order valence-corrected chi connectivity index (χ3v) is 4.08. The van der Waals surface area contributed by atoms with Gasteiger partial charge in [0.2, 0.25) is 0 Å². The van der Waals surface area contributed by atoms with Gasteiger partial charge in [-0.1, -0.05) is 13.8 Å². The van der Waals surface area contributed by atoms with Gasteiger partial charge in [-0.15, -0.1) is 0 Å². The van der Waals surface area contributed by atoms with Gasteiger partial charge >= 0.3 is 5.97 Å². The first kappa shape index (κ1) is 16.2. The number of esters is 1. The average molecular weight is 346 g/mol. The number of hydrogen-bond donors (Lipinski definition) is 1. The molecule has 4 aromatic rings. The molecule has 0 aliphatic carbocycles. The summed E-state index contributed by atoms with van der Waals surface area (Å²) in [5, 5.41) is 1.83. The Morgan fingerprint density at radius 2 is 2.04 bits per heavy atom. The Hall–Kier alpha value is -3.28. The zero-order valence-corrected chi connectivity index (χ0v) is 14.6. The van der Waals surface area contributed by atoms with Crippen molar-refractivity contribution in [3.05, 3.63) is 54.6 Å². The van der Waals surface area contributed by atoms with Crippen LogP contribution < -0.4 is 0 Å². The van der Waals surface area contributed by atoms with Crippen LogP contribution in [0, 0.1) is 5.92 Å². The Labute approximate surface area is 150 Å². The number of aromatic nitrogens is 4. The minimum Gasteiger partial charge on any atom is -0.462 e. The maximum absolute atomic E-state index is 12.2. The van der Waals surface area contributed by atoms with E-state index < -0.39 is 0 Å². The van der Waals surface area contributed by atoms with E-state index in [4.69, 9.17) is 4.74 Å². The van der Waals surface area contributed by atoms with Crippen molar-refractivity contribution in [2.45, 2.75) is 13.8 Å². The lowest BCUT2D eigenvalue weighted by Crippen LogP contribution is -2.10. The van der Waals surface area contributed by atoms with E-state index >= 15 is 0 Å². The molecule has 0 amide bonds. The molecule has 0 fully saturated rings. The second-order valence-electron chi connectivity index (χ2n) is 6.59. The van der Waals surface area contributed by atoms with Crippen molar-refractivity contribution in [3.8, 4) is 11.3 Å². The molecular formula is C20H18N4O2. The highest BCUT2D eigenvalue weighted by atomic mass is 16.5. The van der Waals surface area contributed by atoms with E-state index in [1.54, 1.807) is 18.6 Å². The Kier molecular flexibility index (Phi) is 4.08. The van der Waals surface area contributed by atoms with Crippen molar-refractivity contribution in [2.75, 3.05) is 6.61 Å². The Balaban J connectivity index is 1.78. The molecule has 6 nitrogen and oxygen atoms in total. The van der Waals surface area contributed by atoms with Crippen molar-refractivity contribution in [2.24, 2.45) is 5.92 Å². The summed E-state index contributed by atoms with van der Waals surface area (Å²) in [5.41, 5.74) is 3.78. The SMILES string of the molecule is CC(C)COC(=O)c1cnc2[nH]c3cnc(-c4cccnc4)cc3c2c1. The number of carbonyl (C=O) groups is 1. The molecule has 26 heavy (non-hydrogen) atoms. The fourth-order valence-corrected chi connectivity index (χ4v) is 2.78. The zero-order chi connectivity index (χ0) is 18.1. The van der Waals surface area contributed by atoms with Crippen LogP contribution in [0.5, 0.6) is 0 Å². The van der Waals surface area contributed by atoms with Crippen LogP contribution >= 0.6 is 0 Å². The topological polar surface area (TPSA) is 80.8 Å². The maximum Gasteiger partial charge on any atom is 0.339 e. The summed E-state index contributed by atoms with van der Waals surface area (Å²) in [7, 11) is 0. The fourth-order valence-electron chi connectivity index (χ4n) is 2.78. The largest absolute Gasteiger partial charge is 0.462 e. The van der Waals surface area contributed by atoms with Gasteiger partial charge in [0.1, 0.15) is 5.65 Å². The van der Waals surface area contributed by atoms with E-state index in [1.807, 2.05) is 38.1 Å². The highest BCUT2D eigenvalue weighted by Gasteiger charge is 2.13. The second-order valence-corrected chi connectivity index (χ2v) is 6.59. The van der Waals surface area contributed by atoms with Gasteiger partial charge in [0.15, 0.2) is 0 Å². The number of ether oxygens (including phenoxy) is 1. The molecule has 4 aromatic heterocycles. The highest BCUT2D eigenvalue weighted by Crippen LogP contribution is 2.28. The van der Waals surface area contributed by atoms with E-state index in [1.165, 1.54) is 6.20 Å². The second kappa shape index (κ2) is 6.55. The lowest BCUT2D eigenvalue weighted by atomic mass is 10.1. The van der Waals surface area contributed by atoms with Gasteiger partial charge in [-0.25, -0.2) is 9.78 Å². The Morgan fingerprint density at radius 1 is 1.15 bits per heavy atom. The van der Waals surface area contributed by atoms with Crippen LogP contribution in [0.4, 0.5) is 0 Å². The molecule has 4 heterocycles. The van der Waals surface area contributed by atoms with Crippen LogP contribution in [0.15, 0.2) is 49.1 Å². The summed E-state index contributed by atoms with van der Waals surface area (Å²) in [5.74, 6) is -0.0687. The molecule has 0 radical (unpaired) electrons. The molecule has 0 aromatic carbocycles. The van der Waals surface area contributed by atoms with Crippen LogP contribution in [-0.2, 0) is 4.74 Å². The normalized spacial score (nSPS) is 11.3. The molecule has 4 rings (SSSR count). The van der Waals surface area contributed by atoms with Gasteiger partial charge in [-0.3, -0.25) is 9.97 Å². The van der Waals surface area contributed by atoms with Gasteiger partial charge in [-0.05, 0) is 30.2 Å². The van der Waals surface area contributed by atoms with Gasteiger partial charge in [0.25, 0.3) is 0 Å². The lowest BCUT2D eigenvalue weighted by Gasteiger charge is -2.06. The van der Waals surface area contributed by atoms with Crippen molar-refractivity contribution in [1.29, 1.82) is 0 Å². The summed E-state index contributed by atoms with van der Waals surface area (Å²) in [6, 6.07) is 7.64. The van der Waals surface area contributed by atoms with Crippen LogP contribution in [-0.4, -0.2) is 32.5 Å². The molecule has 1 N–H and O–H groups in total. The van der Waals surface area contributed by atoms with E-state index in [0.29, 0.717) is 17.8 Å². The van der Waals surface area contributed by atoms with E-state index in [0.717, 1.165) is 27.5 Å². The molecule has 0 spiro atoms. The number of pyridine rings is 3. The van der Waals surface area contributed by atoms with E-state index in [-0.39, 0.29) is 11.9 Å². The molecule has 0 bridgehead atoms. The van der Waals surface area contributed by atoms with Crippen LogP contribution in [0.2, 0.25) is 0 Å². The maximum atomic E-state index is 12.2. The first-order chi connectivity index (χ1) is 12.6. The van der Waals surface area contributed by atoms with Crippen LogP contribution in [0.1, 0.15) is 24.2 Å². The number of H-pyrrole nitrogens is 1. The molecule has 0 saturated heterocycles. The number of aromatic amines is 1. The van der Waals surface area contributed by atoms with E-state index in [9.17, 15) is 4.79 Å². The number of nitrogens with one attached hydrogen (secondary N) is 1. The van der Waals surface area contributed by atoms with Crippen molar-refractivity contribution in [1.82, 2.24) is 19.9 Å². The standard InChI is InChI=1S/C20H18N4O2/c1-12(2)11-26-20(25)14-6-16-15-7-17(13-4-3-5-21-8-13)22-10-18(15)24-19(16)23-9-14/h3-10,12H,11H2,1-2H3,(H,23,24). The summed E-state index contributed by atoms with van der Waals surface area (Å²) in [4.78, 5) is 28.5. The molecule has 0 aliphatic heterocycles. The Bertz CT molecular complexity index is 1090. The first-order valence-corrected chi connectivity index (χ1v) is 8.47. The quantitative estimate of drug-likeness (QED) is 0.565. The number of fused-ring (bicyclic) bond motifs is 3. The number of carbonyl (C=O) groups excluding carboxylic acids is 1. The van der Waals surface area contributed by atoms with Crippen molar-refractivity contribution >= 4 is 27.9 Å². The summed E-state index contributed by atoms with van der Waals surface area (Å²) in [6.07, 6.45) is 6.81. The predicted molar refractivity (Wildman–Crippen MR) is 99.7 cm³/mol. The first-order valence-electron chi connectivity index (χ1n) is 8.47. The molecule has 6 heteroatoms. The monoisotopic (exact) mass is 346 g/mol. The third-order valence-electron chi connectivity index (χ3n) is 4.08. The van der Waals surface area contributed by atoms with Gasteiger partial charge < -0.3 is 9.72 Å².